The molecule has 0 spiro atoms. The van der Waals surface area contributed by atoms with Crippen LogP contribution in [-0.2, 0) is 13.2 Å². The molecule has 1 aliphatic heterocycles. The van der Waals surface area contributed by atoms with Crippen LogP contribution < -0.4 is 15.4 Å². The van der Waals surface area contributed by atoms with Crippen molar-refractivity contribution in [3.05, 3.63) is 17.5 Å². The van der Waals surface area contributed by atoms with Gasteiger partial charge in [0.2, 0.25) is 5.95 Å². The topological polar surface area (TPSA) is 76.9 Å². The maximum absolute atomic E-state index is 13.1. The van der Waals surface area contributed by atoms with Gasteiger partial charge in [-0.25, -0.2) is 9.67 Å². The van der Waals surface area contributed by atoms with E-state index in [0.29, 0.717) is 30.3 Å². The van der Waals surface area contributed by atoms with Crippen molar-refractivity contribution in [3.63, 3.8) is 0 Å². The number of aromatic nitrogens is 4. The van der Waals surface area contributed by atoms with Crippen LogP contribution in [-0.4, -0.2) is 32.4 Å². The number of ether oxygens (including phenoxy) is 1. The van der Waals surface area contributed by atoms with Gasteiger partial charge < -0.3 is 15.4 Å². The van der Waals surface area contributed by atoms with E-state index in [2.05, 4.69) is 25.7 Å². The van der Waals surface area contributed by atoms with Crippen LogP contribution in [0.1, 0.15) is 24.6 Å². The molecule has 0 aliphatic carbocycles. The summed E-state index contributed by atoms with van der Waals surface area (Å²) in [5.74, 6) is 0.812. The molecule has 2 aromatic rings. The predicted molar refractivity (Wildman–Crippen MR) is 81.5 cm³/mol. The molecule has 2 aromatic heterocycles. The Morgan fingerprint density at radius 2 is 2.12 bits per heavy atom. The molecule has 10 heteroatoms. The number of aryl methyl sites for hydroxylation is 2. The van der Waals surface area contributed by atoms with Gasteiger partial charge in [0.05, 0.1) is 6.61 Å². The fraction of sp³-hybridized carbons (Fsp3) is 0.500. The number of nitrogens with zero attached hydrogens (tertiary/aromatic N) is 4. The molecule has 0 saturated heterocycles. The normalized spacial score (nSPS) is 17.8. The number of anilines is 3. The number of hydrogen-bond acceptors (Lipinski definition) is 6. The first-order chi connectivity index (χ1) is 11.3. The quantitative estimate of drug-likeness (QED) is 0.767. The van der Waals surface area contributed by atoms with Gasteiger partial charge in [-0.3, -0.25) is 0 Å². The summed E-state index contributed by atoms with van der Waals surface area (Å²) in [5.41, 5.74) is -0.228. The summed E-state index contributed by atoms with van der Waals surface area (Å²) in [6, 6.07) is -0.257. The van der Waals surface area contributed by atoms with Crippen LogP contribution in [0.5, 0.6) is 5.75 Å². The van der Waals surface area contributed by atoms with Gasteiger partial charge in [-0.2, -0.15) is 23.3 Å². The van der Waals surface area contributed by atoms with Crippen LogP contribution in [0.3, 0.4) is 0 Å². The second kappa shape index (κ2) is 5.84. The molecular formula is C14H17F3N6O. The van der Waals surface area contributed by atoms with E-state index in [9.17, 15) is 13.2 Å². The number of rotatable bonds is 0. The van der Waals surface area contributed by atoms with Crippen LogP contribution in [0.25, 0.3) is 0 Å². The standard InChI is InChI=1S/C14H17F3N6O/c1-7-4-5-24-10-8(2)22-23(3)12(10)21-13-18-6-9(14(15,16)17)11(19-7)20-13/h6-7H,4-5H2,1-3H3,(H2,18,19,20,21)/t7-/m0/s1. The summed E-state index contributed by atoms with van der Waals surface area (Å²) >= 11 is 0. The molecule has 0 fully saturated rings. The first-order valence-corrected chi connectivity index (χ1v) is 7.40. The van der Waals surface area contributed by atoms with Gasteiger partial charge in [0, 0.05) is 25.7 Å². The molecule has 3 rings (SSSR count). The minimum absolute atomic E-state index is 0.0347. The lowest BCUT2D eigenvalue weighted by molar-refractivity contribution is -0.137. The van der Waals surface area contributed by atoms with Gasteiger partial charge >= 0.3 is 6.18 Å². The summed E-state index contributed by atoms with van der Waals surface area (Å²) in [6.45, 7) is 3.90. The average Bonchev–Trinajstić information content (AvgIpc) is 2.72. The maximum Gasteiger partial charge on any atom is 0.421 e. The Labute approximate surface area is 136 Å². The number of nitrogens with one attached hydrogen (secondary N) is 2. The molecule has 0 unspecified atom stereocenters. The summed E-state index contributed by atoms with van der Waals surface area (Å²) < 4.78 is 46.7. The van der Waals surface area contributed by atoms with Gasteiger partial charge in [-0.05, 0) is 13.8 Å². The van der Waals surface area contributed by atoms with Gasteiger partial charge in [-0.15, -0.1) is 0 Å². The monoisotopic (exact) mass is 342 g/mol. The first-order valence-electron chi connectivity index (χ1n) is 7.40. The molecule has 24 heavy (non-hydrogen) atoms. The van der Waals surface area contributed by atoms with E-state index in [1.165, 1.54) is 0 Å². The zero-order valence-corrected chi connectivity index (χ0v) is 13.4. The van der Waals surface area contributed by atoms with E-state index in [1.54, 1.807) is 25.6 Å². The Hall–Kier alpha value is -2.52. The summed E-state index contributed by atoms with van der Waals surface area (Å²) in [4.78, 5) is 7.77. The van der Waals surface area contributed by atoms with Crippen molar-refractivity contribution in [1.29, 1.82) is 0 Å². The molecule has 7 nitrogen and oxygen atoms in total. The van der Waals surface area contributed by atoms with Crippen molar-refractivity contribution < 1.29 is 17.9 Å². The summed E-state index contributed by atoms with van der Waals surface area (Å²) in [6.07, 6.45) is -3.26. The van der Waals surface area contributed by atoms with Gasteiger partial charge in [0.1, 0.15) is 17.1 Å². The molecule has 3 heterocycles. The van der Waals surface area contributed by atoms with Crippen LogP contribution in [0.2, 0.25) is 0 Å². The third kappa shape index (κ3) is 3.08. The van der Waals surface area contributed by atoms with Gasteiger partial charge in [0.15, 0.2) is 11.6 Å². The minimum atomic E-state index is -4.54. The molecule has 0 amide bonds. The Morgan fingerprint density at radius 1 is 1.38 bits per heavy atom. The Kier molecular flexibility index (Phi) is 3.98. The highest BCUT2D eigenvalue weighted by Gasteiger charge is 2.36. The van der Waals surface area contributed by atoms with Crippen LogP contribution >= 0.6 is 0 Å². The lowest BCUT2D eigenvalue weighted by Crippen LogP contribution is -2.22. The third-order valence-electron chi connectivity index (χ3n) is 3.67. The highest BCUT2D eigenvalue weighted by molar-refractivity contribution is 5.61. The lowest BCUT2D eigenvalue weighted by atomic mass is 10.2. The zero-order valence-electron chi connectivity index (χ0n) is 13.4. The summed E-state index contributed by atoms with van der Waals surface area (Å²) in [7, 11) is 1.70. The van der Waals surface area contributed by atoms with E-state index >= 15 is 0 Å². The van der Waals surface area contributed by atoms with Crippen molar-refractivity contribution in [3.8, 4) is 5.75 Å². The fourth-order valence-electron chi connectivity index (χ4n) is 2.46. The second-order valence-corrected chi connectivity index (χ2v) is 5.65. The van der Waals surface area contributed by atoms with E-state index in [4.69, 9.17) is 4.74 Å². The molecule has 1 aliphatic rings. The number of fused-ring (bicyclic) bond motifs is 3. The predicted octanol–water partition coefficient (Wildman–Crippen LogP) is 2.86. The van der Waals surface area contributed by atoms with E-state index < -0.39 is 11.7 Å². The Balaban J connectivity index is 2.08. The molecular weight excluding hydrogens is 325 g/mol. The SMILES string of the molecule is Cc1nn(C)c2c1OCC[C@H](C)Nc1nc(ncc1C(F)(F)F)N2. The van der Waals surface area contributed by atoms with Crippen molar-refractivity contribution in [2.24, 2.45) is 7.05 Å². The van der Waals surface area contributed by atoms with Crippen molar-refractivity contribution in [1.82, 2.24) is 19.7 Å². The van der Waals surface area contributed by atoms with E-state index in [-0.39, 0.29) is 17.8 Å². The van der Waals surface area contributed by atoms with Gasteiger partial charge in [0.25, 0.3) is 0 Å². The van der Waals surface area contributed by atoms with Crippen LogP contribution in [0.15, 0.2) is 6.20 Å². The number of halogens is 3. The highest BCUT2D eigenvalue weighted by Crippen LogP contribution is 2.36. The molecule has 2 bridgehead atoms. The van der Waals surface area contributed by atoms with Crippen molar-refractivity contribution in [2.75, 3.05) is 17.2 Å². The smallest absolute Gasteiger partial charge is 0.421 e. The highest BCUT2D eigenvalue weighted by atomic mass is 19.4. The molecule has 0 radical (unpaired) electrons. The molecule has 130 valence electrons. The Bertz CT molecular complexity index is 758. The van der Waals surface area contributed by atoms with Crippen molar-refractivity contribution >= 4 is 17.6 Å². The lowest BCUT2D eigenvalue weighted by Gasteiger charge is -2.18. The second-order valence-electron chi connectivity index (χ2n) is 5.65. The molecule has 1 atom stereocenters. The average molecular weight is 342 g/mol. The summed E-state index contributed by atoms with van der Waals surface area (Å²) in [5, 5.41) is 9.93. The number of alkyl halides is 3. The van der Waals surface area contributed by atoms with Crippen LogP contribution in [0.4, 0.5) is 30.8 Å². The van der Waals surface area contributed by atoms with Crippen LogP contribution in [0, 0.1) is 6.92 Å². The van der Waals surface area contributed by atoms with E-state index in [0.717, 1.165) is 6.20 Å². The van der Waals surface area contributed by atoms with Crippen molar-refractivity contribution in [2.45, 2.75) is 32.5 Å². The molecule has 2 N–H and O–H groups in total. The van der Waals surface area contributed by atoms with E-state index in [1.807, 2.05) is 0 Å². The van der Waals surface area contributed by atoms with Gasteiger partial charge in [-0.1, -0.05) is 0 Å². The molecule has 0 aromatic carbocycles. The Morgan fingerprint density at radius 3 is 2.83 bits per heavy atom. The third-order valence-corrected chi connectivity index (χ3v) is 3.67. The minimum Gasteiger partial charge on any atom is -0.488 e. The first kappa shape index (κ1) is 16.3. The largest absolute Gasteiger partial charge is 0.488 e. The molecule has 0 saturated carbocycles. The maximum atomic E-state index is 13.1. The number of hydrogen-bond donors (Lipinski definition) is 2. The zero-order chi connectivity index (χ0) is 17.5. The fourth-order valence-corrected chi connectivity index (χ4v) is 2.46.